The third-order valence-electron chi connectivity index (χ3n) is 5.17. The van der Waals surface area contributed by atoms with Crippen molar-refractivity contribution in [3.05, 3.63) is 89.6 Å². The predicted octanol–water partition coefficient (Wildman–Crippen LogP) is 5.03. The molecule has 1 aromatic heterocycles. The number of amides is 1. The lowest BCUT2D eigenvalue weighted by atomic mass is 10.1. The number of para-hydroxylation sites is 1. The Morgan fingerprint density at radius 2 is 1.71 bits per heavy atom. The molecule has 1 fully saturated rings. The molecule has 0 bridgehead atoms. The van der Waals surface area contributed by atoms with E-state index >= 15 is 0 Å². The minimum Gasteiger partial charge on any atom is -0.267 e. The van der Waals surface area contributed by atoms with Gasteiger partial charge in [-0.2, -0.15) is 5.10 Å². The van der Waals surface area contributed by atoms with E-state index in [1.165, 1.54) is 0 Å². The molecule has 5 rings (SSSR count). The first-order chi connectivity index (χ1) is 13.8. The molecule has 0 saturated heterocycles. The Bertz CT molecular complexity index is 1220. The van der Waals surface area contributed by atoms with Crippen molar-refractivity contribution in [2.45, 2.75) is 18.8 Å². The van der Waals surface area contributed by atoms with Crippen LogP contribution in [0.15, 0.2) is 77.9 Å². The molecule has 4 heteroatoms. The van der Waals surface area contributed by atoms with Gasteiger partial charge in [-0.15, -0.1) is 0 Å². The van der Waals surface area contributed by atoms with Crippen molar-refractivity contribution in [1.82, 2.24) is 10.4 Å². The van der Waals surface area contributed by atoms with Gasteiger partial charge in [-0.3, -0.25) is 9.78 Å². The standard InChI is InChI=1S/C24H19N3O/c28-24(27-25-15-18-8-5-7-16-6-1-2-9-19(16)18)21-14-23(17-12-13-17)26-22-11-4-3-10-20(21)22/h1-11,14-15,17H,12-13H2,(H,27,28). The lowest BCUT2D eigenvalue weighted by Crippen LogP contribution is -2.18. The summed E-state index contributed by atoms with van der Waals surface area (Å²) >= 11 is 0. The molecule has 4 nitrogen and oxygen atoms in total. The van der Waals surface area contributed by atoms with E-state index in [1.807, 2.05) is 54.6 Å². The lowest BCUT2D eigenvalue weighted by molar-refractivity contribution is 0.0956. The lowest BCUT2D eigenvalue weighted by Gasteiger charge is -2.08. The van der Waals surface area contributed by atoms with Crippen molar-refractivity contribution in [2.24, 2.45) is 5.10 Å². The van der Waals surface area contributed by atoms with Gasteiger partial charge in [0.1, 0.15) is 0 Å². The molecule has 3 aromatic carbocycles. The van der Waals surface area contributed by atoms with Gasteiger partial charge in [0.2, 0.25) is 0 Å². The smallest absolute Gasteiger partial charge is 0.267 e. The largest absolute Gasteiger partial charge is 0.272 e. The van der Waals surface area contributed by atoms with Crippen LogP contribution in [0.2, 0.25) is 0 Å². The highest BCUT2D eigenvalue weighted by molar-refractivity contribution is 6.07. The SMILES string of the molecule is O=C(NN=Cc1cccc2ccccc12)c1cc(C2CC2)nc2ccccc12. The highest BCUT2D eigenvalue weighted by Gasteiger charge is 2.26. The van der Waals surface area contributed by atoms with E-state index in [9.17, 15) is 4.79 Å². The molecule has 1 aliphatic rings. The topological polar surface area (TPSA) is 54.4 Å². The van der Waals surface area contributed by atoms with Gasteiger partial charge in [0, 0.05) is 22.6 Å². The van der Waals surface area contributed by atoms with Crippen molar-refractivity contribution in [1.29, 1.82) is 0 Å². The van der Waals surface area contributed by atoms with E-state index in [0.717, 1.165) is 45.8 Å². The molecule has 1 saturated carbocycles. The fourth-order valence-electron chi connectivity index (χ4n) is 3.56. The van der Waals surface area contributed by atoms with Gasteiger partial charge >= 0.3 is 0 Å². The zero-order valence-corrected chi connectivity index (χ0v) is 15.3. The molecule has 0 spiro atoms. The third-order valence-corrected chi connectivity index (χ3v) is 5.17. The van der Waals surface area contributed by atoms with E-state index in [1.54, 1.807) is 6.21 Å². The number of aromatic nitrogens is 1. The summed E-state index contributed by atoms with van der Waals surface area (Å²) in [4.78, 5) is 17.6. The summed E-state index contributed by atoms with van der Waals surface area (Å²) in [5.41, 5.74) is 6.15. The minimum atomic E-state index is -0.211. The molecule has 136 valence electrons. The van der Waals surface area contributed by atoms with Gasteiger partial charge < -0.3 is 0 Å². The molecule has 0 radical (unpaired) electrons. The van der Waals surface area contributed by atoms with E-state index < -0.39 is 0 Å². The number of hydrogen-bond acceptors (Lipinski definition) is 3. The average Bonchev–Trinajstić information content (AvgIpc) is 3.58. The third kappa shape index (κ3) is 3.14. The van der Waals surface area contributed by atoms with Crippen molar-refractivity contribution < 1.29 is 4.79 Å². The van der Waals surface area contributed by atoms with Crippen molar-refractivity contribution in [2.75, 3.05) is 0 Å². The fourth-order valence-corrected chi connectivity index (χ4v) is 3.56. The van der Waals surface area contributed by atoms with E-state index in [2.05, 4.69) is 28.7 Å². The van der Waals surface area contributed by atoms with Crippen LogP contribution < -0.4 is 5.43 Å². The molecule has 4 aromatic rings. The Balaban J connectivity index is 1.45. The Labute approximate surface area is 162 Å². The maximum atomic E-state index is 12.9. The highest BCUT2D eigenvalue weighted by Crippen LogP contribution is 2.40. The number of fused-ring (bicyclic) bond motifs is 2. The van der Waals surface area contributed by atoms with Crippen molar-refractivity contribution >= 4 is 33.8 Å². The molecule has 0 aliphatic heterocycles. The summed E-state index contributed by atoms with van der Waals surface area (Å²) in [5, 5.41) is 7.32. The zero-order valence-electron chi connectivity index (χ0n) is 15.3. The molecule has 28 heavy (non-hydrogen) atoms. The maximum Gasteiger partial charge on any atom is 0.272 e. The molecular weight excluding hydrogens is 346 g/mol. The number of nitrogens with zero attached hydrogens (tertiary/aromatic N) is 2. The van der Waals surface area contributed by atoms with Crippen LogP contribution in [-0.4, -0.2) is 17.1 Å². The molecule has 0 unspecified atom stereocenters. The predicted molar refractivity (Wildman–Crippen MR) is 113 cm³/mol. The second kappa shape index (κ2) is 6.89. The first kappa shape index (κ1) is 16.6. The number of carbonyl (C=O) groups excluding carboxylic acids is 1. The van der Waals surface area contributed by atoms with Crippen LogP contribution in [0.3, 0.4) is 0 Å². The summed E-state index contributed by atoms with van der Waals surface area (Å²) < 4.78 is 0. The van der Waals surface area contributed by atoms with Gasteiger partial charge in [-0.25, -0.2) is 5.43 Å². The maximum absolute atomic E-state index is 12.9. The normalized spacial score (nSPS) is 14.0. The Kier molecular flexibility index (Phi) is 4.09. The van der Waals surface area contributed by atoms with Crippen LogP contribution in [0.4, 0.5) is 0 Å². The van der Waals surface area contributed by atoms with Gasteiger partial charge in [0.15, 0.2) is 0 Å². The van der Waals surface area contributed by atoms with Crippen LogP contribution in [-0.2, 0) is 0 Å². The molecule has 0 atom stereocenters. The number of rotatable bonds is 4. The fraction of sp³-hybridized carbons (Fsp3) is 0.125. The monoisotopic (exact) mass is 365 g/mol. The van der Waals surface area contributed by atoms with Crippen LogP contribution in [0, 0.1) is 0 Å². The quantitative estimate of drug-likeness (QED) is 0.407. The van der Waals surface area contributed by atoms with Gasteiger partial charge in [-0.05, 0) is 35.7 Å². The van der Waals surface area contributed by atoms with Crippen LogP contribution in [0.5, 0.6) is 0 Å². The van der Waals surface area contributed by atoms with Crippen LogP contribution in [0.25, 0.3) is 21.7 Å². The zero-order chi connectivity index (χ0) is 18.9. The van der Waals surface area contributed by atoms with E-state index in [4.69, 9.17) is 4.98 Å². The Morgan fingerprint density at radius 3 is 2.57 bits per heavy atom. The number of hydrogen-bond donors (Lipinski definition) is 1. The highest BCUT2D eigenvalue weighted by atomic mass is 16.2. The molecular formula is C24H19N3O. The van der Waals surface area contributed by atoms with E-state index in [-0.39, 0.29) is 5.91 Å². The number of nitrogens with one attached hydrogen (secondary N) is 1. The Morgan fingerprint density at radius 1 is 0.964 bits per heavy atom. The molecule has 1 N–H and O–H groups in total. The Hall–Kier alpha value is -3.53. The van der Waals surface area contributed by atoms with Crippen LogP contribution >= 0.6 is 0 Å². The molecule has 1 amide bonds. The van der Waals surface area contributed by atoms with Crippen molar-refractivity contribution in [3.8, 4) is 0 Å². The molecule has 1 aliphatic carbocycles. The first-order valence-electron chi connectivity index (χ1n) is 9.50. The summed E-state index contributed by atoms with van der Waals surface area (Å²) in [6.45, 7) is 0. The number of benzene rings is 3. The molecule has 1 heterocycles. The van der Waals surface area contributed by atoms with Crippen LogP contribution in [0.1, 0.15) is 40.4 Å². The van der Waals surface area contributed by atoms with E-state index in [0.29, 0.717) is 11.5 Å². The van der Waals surface area contributed by atoms with Gasteiger partial charge in [0.05, 0.1) is 17.3 Å². The minimum absolute atomic E-state index is 0.211. The average molecular weight is 365 g/mol. The summed E-state index contributed by atoms with van der Waals surface area (Å²) in [7, 11) is 0. The van der Waals surface area contributed by atoms with Gasteiger partial charge in [-0.1, -0.05) is 60.7 Å². The van der Waals surface area contributed by atoms with Gasteiger partial charge in [0.25, 0.3) is 5.91 Å². The second-order valence-corrected chi connectivity index (χ2v) is 7.15. The van der Waals surface area contributed by atoms with Crippen molar-refractivity contribution in [3.63, 3.8) is 0 Å². The number of carbonyl (C=O) groups is 1. The number of hydrazone groups is 1. The second-order valence-electron chi connectivity index (χ2n) is 7.15. The summed E-state index contributed by atoms with van der Waals surface area (Å²) in [6.07, 6.45) is 3.99. The first-order valence-corrected chi connectivity index (χ1v) is 9.50. The number of pyridine rings is 1. The summed E-state index contributed by atoms with van der Waals surface area (Å²) in [5.74, 6) is 0.271. The summed E-state index contributed by atoms with van der Waals surface area (Å²) in [6, 6.07) is 23.9.